The van der Waals surface area contributed by atoms with Crippen LogP contribution < -0.4 is 5.32 Å². The quantitative estimate of drug-likeness (QED) is 0.164. The fourth-order valence-corrected chi connectivity index (χ4v) is 1.93. The van der Waals surface area contributed by atoms with Crippen molar-refractivity contribution in [1.82, 2.24) is 5.32 Å². The molecule has 0 aromatic rings. The minimum atomic E-state index is -1.03. The number of aliphatic carboxylic acids is 3. The van der Waals surface area contributed by atoms with Gasteiger partial charge in [-0.1, -0.05) is 5.18 Å². The van der Waals surface area contributed by atoms with Gasteiger partial charge in [-0.05, 0) is 0 Å². The second-order valence-corrected chi connectivity index (χ2v) is 5.65. The van der Waals surface area contributed by atoms with Gasteiger partial charge in [0.25, 0.3) is 0 Å². The Hall–Kier alpha value is -2.15. The molecule has 156 valence electrons. The molecule has 0 aliphatic heterocycles. The van der Waals surface area contributed by atoms with E-state index in [0.717, 1.165) is 0 Å². The zero-order valence-corrected chi connectivity index (χ0v) is 14.9. The van der Waals surface area contributed by atoms with Crippen LogP contribution in [0.1, 0.15) is 19.3 Å². The van der Waals surface area contributed by atoms with Crippen molar-refractivity contribution in [2.75, 3.05) is 52.7 Å². The molecule has 12 nitrogen and oxygen atoms in total. The number of hydrogen-bond donors (Lipinski definition) is 4. The highest BCUT2D eigenvalue weighted by Crippen LogP contribution is 2.10. The van der Waals surface area contributed by atoms with Gasteiger partial charge >= 0.3 is 17.9 Å². The van der Waals surface area contributed by atoms with Crippen LogP contribution in [0.2, 0.25) is 0 Å². The van der Waals surface area contributed by atoms with Gasteiger partial charge in [-0.2, -0.15) is 4.91 Å². The molecule has 0 saturated carbocycles. The highest BCUT2D eigenvalue weighted by atomic mass is 16.5. The standard InChI is InChI=1S/C15H26N2O10/c18-12(19)1-6-25-9-15(16-4-5-17-24,10-26-7-2-13(20)21)11-27-8-3-14(22)23/h16H,1-11H2,(H,18,19)(H,20,21)(H,22,23). The van der Waals surface area contributed by atoms with Crippen molar-refractivity contribution >= 4 is 17.9 Å². The Morgan fingerprint density at radius 3 is 1.44 bits per heavy atom. The smallest absolute Gasteiger partial charge is 0.305 e. The normalized spacial score (nSPS) is 11.3. The second-order valence-electron chi connectivity index (χ2n) is 5.65. The Balaban J connectivity index is 4.84. The van der Waals surface area contributed by atoms with Crippen molar-refractivity contribution < 1.29 is 43.9 Å². The van der Waals surface area contributed by atoms with Gasteiger partial charge in [0.05, 0.1) is 71.0 Å². The first-order chi connectivity index (χ1) is 12.8. The lowest BCUT2D eigenvalue weighted by atomic mass is 10.0. The minimum Gasteiger partial charge on any atom is -0.481 e. The van der Waals surface area contributed by atoms with Crippen LogP contribution in [0.4, 0.5) is 0 Å². The van der Waals surface area contributed by atoms with Crippen molar-refractivity contribution in [3.8, 4) is 0 Å². The summed E-state index contributed by atoms with van der Waals surface area (Å²) in [4.78, 5) is 42.1. The van der Waals surface area contributed by atoms with E-state index in [0.29, 0.717) is 0 Å². The largest absolute Gasteiger partial charge is 0.481 e. The maximum atomic E-state index is 10.6. The Morgan fingerprint density at radius 1 is 0.778 bits per heavy atom. The summed E-state index contributed by atoms with van der Waals surface area (Å²) in [5.74, 6) is -3.10. The SMILES string of the molecule is O=NCCNC(COCCC(=O)O)(COCCC(=O)O)COCCC(=O)O. The van der Waals surface area contributed by atoms with Gasteiger partial charge in [-0.3, -0.25) is 14.4 Å². The molecule has 0 aromatic heterocycles. The van der Waals surface area contributed by atoms with E-state index in [-0.39, 0.29) is 72.0 Å². The number of carboxylic acid groups (broad SMARTS) is 3. The number of carbonyl (C=O) groups is 3. The lowest BCUT2D eigenvalue weighted by molar-refractivity contribution is -0.139. The van der Waals surface area contributed by atoms with Crippen LogP contribution >= 0.6 is 0 Å². The van der Waals surface area contributed by atoms with Crippen LogP contribution in [0, 0.1) is 4.91 Å². The molecule has 0 radical (unpaired) electrons. The fourth-order valence-electron chi connectivity index (χ4n) is 1.93. The van der Waals surface area contributed by atoms with Crippen LogP contribution in [0.15, 0.2) is 5.18 Å². The summed E-state index contributed by atoms with van der Waals surface area (Å²) in [6, 6.07) is 0. The van der Waals surface area contributed by atoms with E-state index in [1.165, 1.54) is 0 Å². The summed E-state index contributed by atoms with van der Waals surface area (Å²) >= 11 is 0. The predicted molar refractivity (Wildman–Crippen MR) is 90.6 cm³/mol. The molecule has 0 spiro atoms. The zero-order chi connectivity index (χ0) is 20.5. The molecule has 0 rings (SSSR count). The van der Waals surface area contributed by atoms with Gasteiger partial charge in [0.1, 0.15) is 0 Å². The van der Waals surface area contributed by atoms with E-state index in [4.69, 9.17) is 29.5 Å². The maximum Gasteiger partial charge on any atom is 0.305 e. The number of nitrogens with zero attached hydrogens (tertiary/aromatic N) is 1. The summed E-state index contributed by atoms with van der Waals surface area (Å²) in [6.45, 7) is -0.297. The van der Waals surface area contributed by atoms with E-state index in [1.54, 1.807) is 0 Å². The van der Waals surface area contributed by atoms with Crippen molar-refractivity contribution in [3.05, 3.63) is 4.91 Å². The highest BCUT2D eigenvalue weighted by molar-refractivity contribution is 5.67. The number of ether oxygens (including phenoxy) is 3. The number of nitroso groups, excluding NO2 is 1. The molecule has 0 saturated heterocycles. The number of hydrogen-bond acceptors (Lipinski definition) is 9. The van der Waals surface area contributed by atoms with Gasteiger partial charge in [0.2, 0.25) is 0 Å². The number of carboxylic acids is 3. The Labute approximate surface area is 155 Å². The van der Waals surface area contributed by atoms with E-state index >= 15 is 0 Å². The first kappa shape index (κ1) is 24.8. The van der Waals surface area contributed by atoms with Crippen LogP contribution in [-0.2, 0) is 28.6 Å². The van der Waals surface area contributed by atoms with Gasteiger partial charge in [-0.25, -0.2) is 0 Å². The summed E-state index contributed by atoms with van der Waals surface area (Å²) in [5.41, 5.74) is -1.03. The third-order valence-electron chi connectivity index (χ3n) is 3.22. The minimum absolute atomic E-state index is 0.0544. The molecule has 0 aromatic carbocycles. The summed E-state index contributed by atoms with van der Waals surface area (Å²) in [6.07, 6.45) is -0.650. The summed E-state index contributed by atoms with van der Waals surface area (Å²) < 4.78 is 16.1. The Morgan fingerprint density at radius 2 is 1.15 bits per heavy atom. The Bertz CT molecular complexity index is 416. The van der Waals surface area contributed by atoms with Gasteiger partial charge < -0.3 is 34.8 Å². The molecule has 0 fully saturated rings. The van der Waals surface area contributed by atoms with Crippen LogP contribution in [0.25, 0.3) is 0 Å². The average Bonchev–Trinajstić information content (AvgIpc) is 2.59. The molecule has 4 N–H and O–H groups in total. The molecule has 0 bridgehead atoms. The average molecular weight is 394 g/mol. The van der Waals surface area contributed by atoms with Crippen molar-refractivity contribution in [2.24, 2.45) is 5.18 Å². The van der Waals surface area contributed by atoms with Gasteiger partial charge in [0.15, 0.2) is 0 Å². The lowest BCUT2D eigenvalue weighted by Crippen LogP contribution is -2.57. The third-order valence-corrected chi connectivity index (χ3v) is 3.22. The molecule has 12 heteroatoms. The van der Waals surface area contributed by atoms with Gasteiger partial charge in [0, 0.05) is 6.54 Å². The van der Waals surface area contributed by atoms with Crippen LogP contribution in [-0.4, -0.2) is 91.5 Å². The maximum absolute atomic E-state index is 10.6. The van der Waals surface area contributed by atoms with E-state index < -0.39 is 23.4 Å². The topological polar surface area (TPSA) is 181 Å². The molecule has 0 atom stereocenters. The second kappa shape index (κ2) is 15.0. The highest BCUT2D eigenvalue weighted by Gasteiger charge is 2.31. The first-order valence-electron chi connectivity index (χ1n) is 8.24. The molecule has 0 aliphatic carbocycles. The number of rotatable bonds is 19. The predicted octanol–water partition coefficient (Wildman–Crippen LogP) is -0.445. The molecule has 0 unspecified atom stereocenters. The summed E-state index contributed by atoms with van der Waals surface area (Å²) in [5, 5.41) is 31.7. The molecular weight excluding hydrogens is 368 g/mol. The molecular formula is C15H26N2O10. The van der Waals surface area contributed by atoms with E-state index in [1.807, 2.05) is 0 Å². The van der Waals surface area contributed by atoms with Crippen molar-refractivity contribution in [1.29, 1.82) is 0 Å². The summed E-state index contributed by atoms with van der Waals surface area (Å²) in [7, 11) is 0. The fraction of sp³-hybridized carbons (Fsp3) is 0.800. The van der Waals surface area contributed by atoms with E-state index in [2.05, 4.69) is 10.5 Å². The molecule has 27 heavy (non-hydrogen) atoms. The molecule has 0 heterocycles. The van der Waals surface area contributed by atoms with Crippen LogP contribution in [0.3, 0.4) is 0 Å². The van der Waals surface area contributed by atoms with E-state index in [9.17, 15) is 19.3 Å². The zero-order valence-electron chi connectivity index (χ0n) is 14.9. The van der Waals surface area contributed by atoms with Gasteiger partial charge in [-0.15, -0.1) is 0 Å². The molecule has 0 amide bonds. The molecule has 0 aliphatic rings. The van der Waals surface area contributed by atoms with Crippen molar-refractivity contribution in [3.63, 3.8) is 0 Å². The first-order valence-corrected chi connectivity index (χ1v) is 8.24. The third kappa shape index (κ3) is 14.7. The Kier molecular flexibility index (Phi) is 13.8. The van der Waals surface area contributed by atoms with Crippen LogP contribution in [0.5, 0.6) is 0 Å². The number of nitrogens with one attached hydrogen (secondary N) is 1. The van der Waals surface area contributed by atoms with Crippen molar-refractivity contribution in [2.45, 2.75) is 24.8 Å². The monoisotopic (exact) mass is 394 g/mol. The lowest BCUT2D eigenvalue weighted by Gasteiger charge is -2.34.